The van der Waals surface area contributed by atoms with Crippen molar-refractivity contribution in [1.29, 1.82) is 0 Å². The minimum absolute atomic E-state index is 0.108. The molecular formula is C35H25N3. The number of hydrogen-bond donors (Lipinski definition) is 0. The van der Waals surface area contributed by atoms with E-state index in [1.807, 2.05) is 24.3 Å². The normalized spacial score (nSPS) is 13.7. The van der Waals surface area contributed by atoms with Gasteiger partial charge in [-0.15, -0.1) is 0 Å². The van der Waals surface area contributed by atoms with Crippen LogP contribution >= 0.6 is 0 Å². The lowest BCUT2D eigenvalue weighted by Crippen LogP contribution is -2.15. The maximum Gasteiger partial charge on any atom is 0.162 e. The Balaban J connectivity index is 1.53. The van der Waals surface area contributed by atoms with E-state index in [0.717, 1.165) is 33.6 Å². The summed E-state index contributed by atoms with van der Waals surface area (Å²) in [4.78, 5) is 10.2. The molecule has 7 aromatic rings. The van der Waals surface area contributed by atoms with Crippen LogP contribution in [-0.4, -0.2) is 14.5 Å². The van der Waals surface area contributed by atoms with E-state index in [-0.39, 0.29) is 5.41 Å². The number of nitrogens with zero attached hydrogens (tertiary/aromatic N) is 3. The minimum atomic E-state index is -0.108. The van der Waals surface area contributed by atoms with Crippen molar-refractivity contribution in [2.45, 2.75) is 19.3 Å². The lowest BCUT2D eigenvalue weighted by atomic mass is 9.80. The molecular weight excluding hydrogens is 462 g/mol. The summed E-state index contributed by atoms with van der Waals surface area (Å²) in [5.41, 5.74) is 9.63. The summed E-state index contributed by atoms with van der Waals surface area (Å²) in [5.74, 6) is 1.65. The van der Waals surface area contributed by atoms with Gasteiger partial charge < -0.3 is 0 Å². The Morgan fingerprint density at radius 1 is 0.579 bits per heavy atom. The van der Waals surface area contributed by atoms with Gasteiger partial charge >= 0.3 is 0 Å². The monoisotopic (exact) mass is 487 g/mol. The molecule has 2 aromatic heterocycles. The highest BCUT2D eigenvalue weighted by molar-refractivity contribution is 6.15. The number of para-hydroxylation sites is 2. The van der Waals surface area contributed by atoms with Gasteiger partial charge in [0.25, 0.3) is 0 Å². The van der Waals surface area contributed by atoms with Gasteiger partial charge in [-0.1, -0.05) is 105 Å². The van der Waals surface area contributed by atoms with E-state index in [0.29, 0.717) is 0 Å². The molecule has 3 nitrogen and oxygen atoms in total. The third-order valence-electron chi connectivity index (χ3n) is 8.18. The first-order valence-corrected chi connectivity index (χ1v) is 13.1. The number of fused-ring (bicyclic) bond motifs is 8. The van der Waals surface area contributed by atoms with Gasteiger partial charge in [0.1, 0.15) is 5.82 Å². The van der Waals surface area contributed by atoms with Gasteiger partial charge in [0.2, 0.25) is 0 Å². The highest BCUT2D eigenvalue weighted by atomic mass is 15.1. The Morgan fingerprint density at radius 2 is 1.29 bits per heavy atom. The van der Waals surface area contributed by atoms with Crippen molar-refractivity contribution in [2.24, 2.45) is 0 Å². The van der Waals surface area contributed by atoms with E-state index in [1.54, 1.807) is 0 Å². The first kappa shape index (κ1) is 21.3. The van der Waals surface area contributed by atoms with Gasteiger partial charge in [-0.2, -0.15) is 0 Å². The average molecular weight is 488 g/mol. The Hall–Kier alpha value is -4.76. The van der Waals surface area contributed by atoms with Gasteiger partial charge in [0, 0.05) is 27.1 Å². The van der Waals surface area contributed by atoms with Gasteiger partial charge in [0.15, 0.2) is 5.82 Å². The van der Waals surface area contributed by atoms with Crippen molar-refractivity contribution < 1.29 is 0 Å². The molecule has 0 unspecified atom stereocenters. The number of benzene rings is 5. The molecule has 0 fully saturated rings. The zero-order valence-corrected chi connectivity index (χ0v) is 21.3. The molecule has 0 amide bonds. The van der Waals surface area contributed by atoms with Crippen LogP contribution in [0.3, 0.4) is 0 Å². The van der Waals surface area contributed by atoms with Crippen molar-refractivity contribution in [3.05, 3.63) is 126 Å². The molecule has 1 aliphatic carbocycles. The lowest BCUT2D eigenvalue weighted by Gasteiger charge is -2.22. The number of rotatable bonds is 2. The van der Waals surface area contributed by atoms with Crippen LogP contribution in [0.2, 0.25) is 0 Å². The van der Waals surface area contributed by atoms with Crippen LogP contribution in [0.1, 0.15) is 25.0 Å². The van der Waals surface area contributed by atoms with Crippen LogP contribution in [-0.2, 0) is 5.41 Å². The summed E-state index contributed by atoms with van der Waals surface area (Å²) in [6, 6.07) is 40.8. The fraction of sp³-hybridized carbons (Fsp3) is 0.0857. The maximum atomic E-state index is 5.24. The Kier molecular flexibility index (Phi) is 4.28. The van der Waals surface area contributed by atoms with E-state index in [9.17, 15) is 0 Å². The van der Waals surface area contributed by atoms with E-state index >= 15 is 0 Å². The zero-order valence-electron chi connectivity index (χ0n) is 21.3. The van der Waals surface area contributed by atoms with Crippen LogP contribution in [0.25, 0.3) is 61.0 Å². The van der Waals surface area contributed by atoms with Crippen molar-refractivity contribution in [3.63, 3.8) is 0 Å². The van der Waals surface area contributed by atoms with Gasteiger partial charge in [0.05, 0.1) is 16.6 Å². The van der Waals surface area contributed by atoms with Crippen molar-refractivity contribution in [3.8, 4) is 28.3 Å². The summed E-state index contributed by atoms with van der Waals surface area (Å²) in [6.45, 7) is 4.72. The molecule has 0 N–H and O–H groups in total. The minimum Gasteiger partial charge on any atom is -0.293 e. The SMILES string of the molecule is CC1(C)c2ccccc2-c2ccc3c(c21)c1ccccc1n3-c1nc(-c2ccccc2)nc2ccccc12. The second kappa shape index (κ2) is 7.62. The van der Waals surface area contributed by atoms with Crippen molar-refractivity contribution in [1.82, 2.24) is 14.5 Å². The second-order valence-electron chi connectivity index (χ2n) is 10.7. The predicted molar refractivity (Wildman–Crippen MR) is 157 cm³/mol. The molecule has 0 radical (unpaired) electrons. The van der Waals surface area contributed by atoms with Crippen LogP contribution < -0.4 is 0 Å². The quantitative estimate of drug-likeness (QED) is 0.244. The summed E-state index contributed by atoms with van der Waals surface area (Å²) in [7, 11) is 0. The Morgan fingerprint density at radius 3 is 2.16 bits per heavy atom. The molecule has 38 heavy (non-hydrogen) atoms. The fourth-order valence-corrected chi connectivity index (χ4v) is 6.51. The third kappa shape index (κ3) is 2.79. The molecule has 0 atom stereocenters. The third-order valence-corrected chi connectivity index (χ3v) is 8.18. The summed E-state index contributed by atoms with van der Waals surface area (Å²) in [5, 5.41) is 3.60. The first-order valence-electron chi connectivity index (χ1n) is 13.1. The second-order valence-corrected chi connectivity index (χ2v) is 10.7. The topological polar surface area (TPSA) is 30.7 Å². The Bertz CT molecular complexity index is 2050. The van der Waals surface area contributed by atoms with Crippen LogP contribution in [0.5, 0.6) is 0 Å². The summed E-state index contributed by atoms with van der Waals surface area (Å²) < 4.78 is 2.35. The van der Waals surface area contributed by atoms with Gasteiger partial charge in [-0.25, -0.2) is 9.97 Å². The average Bonchev–Trinajstić information content (AvgIpc) is 3.42. The molecule has 0 saturated heterocycles. The van der Waals surface area contributed by atoms with Crippen LogP contribution in [0, 0.1) is 0 Å². The van der Waals surface area contributed by atoms with Crippen LogP contribution in [0.4, 0.5) is 0 Å². The molecule has 0 bridgehead atoms. The first-order chi connectivity index (χ1) is 18.6. The zero-order chi connectivity index (χ0) is 25.4. The van der Waals surface area contributed by atoms with E-state index in [2.05, 4.69) is 109 Å². The molecule has 2 heterocycles. The molecule has 8 rings (SSSR count). The molecule has 180 valence electrons. The smallest absolute Gasteiger partial charge is 0.162 e. The molecule has 3 heteroatoms. The fourth-order valence-electron chi connectivity index (χ4n) is 6.51. The van der Waals surface area contributed by atoms with Gasteiger partial charge in [-0.3, -0.25) is 4.57 Å². The Labute approximate surface area is 221 Å². The standard InChI is InChI=1S/C35H25N3/c1-35(2)27-17-9-6-14-23(27)24-20-21-30-31(32(24)35)26-16-8-11-19-29(26)38(30)34-25-15-7-10-18-28(25)36-33(37-34)22-12-4-3-5-13-22/h3-21H,1-2H3. The molecule has 0 aliphatic heterocycles. The van der Waals surface area contributed by atoms with Gasteiger partial charge in [-0.05, 0) is 46.5 Å². The lowest BCUT2D eigenvalue weighted by molar-refractivity contribution is 0.666. The highest BCUT2D eigenvalue weighted by Gasteiger charge is 2.38. The molecule has 5 aromatic carbocycles. The van der Waals surface area contributed by atoms with E-state index in [1.165, 1.54) is 38.5 Å². The maximum absolute atomic E-state index is 5.24. The summed E-state index contributed by atoms with van der Waals surface area (Å²) in [6.07, 6.45) is 0. The highest BCUT2D eigenvalue weighted by Crippen LogP contribution is 2.53. The van der Waals surface area contributed by atoms with E-state index in [4.69, 9.17) is 9.97 Å². The number of aromatic nitrogens is 3. The summed E-state index contributed by atoms with van der Waals surface area (Å²) >= 11 is 0. The largest absolute Gasteiger partial charge is 0.293 e. The van der Waals surface area contributed by atoms with Crippen LogP contribution in [0.15, 0.2) is 115 Å². The molecule has 0 saturated carbocycles. The molecule has 0 spiro atoms. The predicted octanol–water partition coefficient (Wildman–Crippen LogP) is 8.70. The van der Waals surface area contributed by atoms with E-state index < -0.39 is 0 Å². The molecule has 1 aliphatic rings. The number of hydrogen-bond acceptors (Lipinski definition) is 2. The van der Waals surface area contributed by atoms with Crippen molar-refractivity contribution >= 4 is 32.7 Å². The van der Waals surface area contributed by atoms with Crippen molar-refractivity contribution in [2.75, 3.05) is 0 Å².